The molecular formula is C17H16F5N5O2S. The van der Waals surface area contributed by atoms with Crippen LogP contribution in [-0.2, 0) is 15.8 Å². The minimum absolute atomic E-state index is 0.107. The highest BCUT2D eigenvalue weighted by molar-refractivity contribution is 7.91. The Morgan fingerprint density at radius 2 is 1.97 bits per heavy atom. The maximum absolute atomic E-state index is 13.6. The second-order valence-electron chi connectivity index (χ2n) is 6.44. The lowest BCUT2D eigenvalue weighted by Crippen LogP contribution is -2.42. The average molecular weight is 449 g/mol. The van der Waals surface area contributed by atoms with Crippen molar-refractivity contribution in [1.82, 2.24) is 15.0 Å². The fourth-order valence-electron chi connectivity index (χ4n) is 2.72. The molecule has 1 N–H and O–H groups in total. The van der Waals surface area contributed by atoms with E-state index in [1.54, 1.807) is 6.92 Å². The smallest absolute Gasteiger partial charge is 0.335 e. The number of pyridine rings is 1. The average Bonchev–Trinajstić information content (AvgIpc) is 3.09. The van der Waals surface area contributed by atoms with Crippen molar-refractivity contribution in [2.75, 3.05) is 10.8 Å². The molecule has 0 radical (unpaired) electrons. The summed E-state index contributed by atoms with van der Waals surface area (Å²) in [6.07, 6.45) is -1.81. The minimum Gasteiger partial charge on any atom is -0.335 e. The van der Waals surface area contributed by atoms with Gasteiger partial charge in [-0.1, -0.05) is 19.6 Å². The van der Waals surface area contributed by atoms with Crippen molar-refractivity contribution >= 4 is 27.8 Å². The van der Waals surface area contributed by atoms with Crippen LogP contribution in [0.1, 0.15) is 25.2 Å². The molecule has 7 nitrogen and oxygen atoms in total. The molecule has 0 saturated carbocycles. The van der Waals surface area contributed by atoms with E-state index in [9.17, 15) is 30.4 Å². The van der Waals surface area contributed by atoms with Gasteiger partial charge in [0, 0.05) is 6.20 Å². The first kappa shape index (κ1) is 21.9. The summed E-state index contributed by atoms with van der Waals surface area (Å²) in [5.74, 6) is -7.17. The van der Waals surface area contributed by atoms with Crippen LogP contribution in [0.5, 0.6) is 0 Å². The fraction of sp³-hybridized carbons (Fsp3) is 0.353. The Labute approximate surface area is 167 Å². The molecular weight excluding hydrogens is 433 g/mol. The molecule has 0 fully saturated rings. The van der Waals surface area contributed by atoms with Crippen molar-refractivity contribution in [2.24, 2.45) is 5.10 Å². The van der Waals surface area contributed by atoms with Gasteiger partial charge in [-0.2, -0.15) is 22.0 Å². The summed E-state index contributed by atoms with van der Waals surface area (Å²) in [7, 11) is -3.77. The molecule has 1 unspecified atom stereocenters. The van der Waals surface area contributed by atoms with E-state index in [2.05, 4.69) is 21.6 Å². The van der Waals surface area contributed by atoms with Gasteiger partial charge in [-0.25, -0.2) is 23.4 Å². The number of H-pyrrole nitrogens is 1. The number of rotatable bonds is 5. The van der Waals surface area contributed by atoms with Gasteiger partial charge in [0.25, 0.3) is 0 Å². The molecule has 3 heterocycles. The zero-order valence-electron chi connectivity index (χ0n) is 15.7. The van der Waals surface area contributed by atoms with Gasteiger partial charge >= 0.3 is 12.1 Å². The summed E-state index contributed by atoms with van der Waals surface area (Å²) in [4.78, 5) is 9.16. The number of anilines is 1. The van der Waals surface area contributed by atoms with Crippen LogP contribution in [0.25, 0.3) is 12.2 Å². The highest BCUT2D eigenvalue weighted by Crippen LogP contribution is 2.41. The van der Waals surface area contributed by atoms with Gasteiger partial charge in [0.15, 0.2) is 27.0 Å². The number of sulfone groups is 1. The summed E-state index contributed by atoms with van der Waals surface area (Å²) in [6.45, 7) is 6.53. The molecule has 0 aliphatic carbocycles. The molecule has 3 rings (SSSR count). The normalized spacial score (nSPS) is 17.2. The molecule has 0 spiro atoms. The Morgan fingerprint density at radius 1 is 1.30 bits per heavy atom. The fourth-order valence-corrected chi connectivity index (χ4v) is 3.77. The topological polar surface area (TPSA) is 91.3 Å². The zero-order chi connectivity index (χ0) is 22.5. The van der Waals surface area contributed by atoms with Crippen molar-refractivity contribution in [1.29, 1.82) is 0 Å². The highest BCUT2D eigenvalue weighted by atomic mass is 32.2. The number of nitrogens with zero attached hydrogens (tertiary/aromatic N) is 4. The van der Waals surface area contributed by atoms with E-state index in [0.717, 1.165) is 5.01 Å². The van der Waals surface area contributed by atoms with Crippen molar-refractivity contribution in [2.45, 2.75) is 36.9 Å². The Kier molecular flexibility index (Phi) is 5.21. The number of alkyl halides is 5. The van der Waals surface area contributed by atoms with Crippen molar-refractivity contribution < 1.29 is 30.4 Å². The summed E-state index contributed by atoms with van der Waals surface area (Å²) >= 11 is 0. The molecule has 1 aliphatic rings. The first-order valence-electron chi connectivity index (χ1n) is 8.57. The minimum atomic E-state index is -5.84. The molecule has 2 aromatic heterocycles. The van der Waals surface area contributed by atoms with Crippen molar-refractivity contribution in [3.63, 3.8) is 0 Å². The van der Waals surface area contributed by atoms with Crippen LogP contribution in [-0.4, -0.2) is 41.3 Å². The second kappa shape index (κ2) is 7.15. The highest BCUT2D eigenvalue weighted by Gasteiger charge is 2.61. The molecule has 1 atom stereocenters. The number of fused-ring (bicyclic) bond motifs is 1. The summed E-state index contributed by atoms with van der Waals surface area (Å²) in [5, 5.41) is 4.95. The van der Waals surface area contributed by atoms with Gasteiger partial charge in [-0.3, -0.25) is 0 Å². The molecule has 0 saturated heterocycles. The van der Waals surface area contributed by atoms with Gasteiger partial charge in [0.05, 0.1) is 17.1 Å². The lowest BCUT2D eigenvalue weighted by molar-refractivity contribution is -0.292. The van der Waals surface area contributed by atoms with E-state index >= 15 is 0 Å². The third kappa shape index (κ3) is 3.57. The summed E-state index contributed by atoms with van der Waals surface area (Å²) in [6, 6.07) is 0.609. The molecule has 1 aliphatic heterocycles. The molecule has 0 amide bonds. The third-order valence-corrected chi connectivity index (χ3v) is 6.11. The van der Waals surface area contributed by atoms with Crippen LogP contribution in [0.3, 0.4) is 0 Å². The van der Waals surface area contributed by atoms with Crippen LogP contribution in [0, 0.1) is 0 Å². The van der Waals surface area contributed by atoms with Gasteiger partial charge in [0.2, 0.25) is 0 Å². The molecule has 0 aromatic carbocycles. The predicted molar refractivity (Wildman–Crippen MR) is 97.8 cm³/mol. The summed E-state index contributed by atoms with van der Waals surface area (Å²) < 4.78 is 90.3. The van der Waals surface area contributed by atoms with Gasteiger partial charge in [0.1, 0.15) is 4.90 Å². The third-order valence-electron chi connectivity index (χ3n) is 4.38. The Balaban J connectivity index is 2.19. The number of aromatic amines is 1. The van der Waals surface area contributed by atoms with Gasteiger partial charge in [-0.05, 0) is 24.6 Å². The molecule has 162 valence electrons. The van der Waals surface area contributed by atoms with Gasteiger partial charge in [-0.15, -0.1) is 5.10 Å². The van der Waals surface area contributed by atoms with E-state index in [1.165, 1.54) is 31.3 Å². The number of hydrogen-bond donors (Lipinski definition) is 1. The van der Waals surface area contributed by atoms with Crippen molar-refractivity contribution in [3.8, 4) is 0 Å². The Hall–Kier alpha value is -2.83. The first-order chi connectivity index (χ1) is 13.8. The lowest BCUT2D eigenvalue weighted by Gasteiger charge is -2.26. The standard InChI is InChI=1S/C17H16F5N5O2S/c1-4-10-7-12(30(28,29)5-2)14(23-8-10)27-9(3)6-11-13(26-27)25-15(24-11)16(18,19)17(20,21)22/h4,6-9H,1,5H2,2-3H3,(H,24,25,26). The predicted octanol–water partition coefficient (Wildman–Crippen LogP) is 2.12. The largest absolute Gasteiger partial charge is 0.461 e. The number of halogens is 5. The maximum Gasteiger partial charge on any atom is 0.461 e. The Bertz CT molecular complexity index is 1220. The van der Waals surface area contributed by atoms with E-state index in [-0.39, 0.29) is 21.8 Å². The van der Waals surface area contributed by atoms with Crippen LogP contribution >= 0.6 is 0 Å². The summed E-state index contributed by atoms with van der Waals surface area (Å²) in [5.41, 5.74) is -0.0200. The monoisotopic (exact) mass is 449 g/mol. The van der Waals surface area contributed by atoms with Crippen LogP contribution in [0.2, 0.25) is 0 Å². The van der Waals surface area contributed by atoms with E-state index in [0.29, 0.717) is 5.56 Å². The van der Waals surface area contributed by atoms with Crippen molar-refractivity contribution in [3.05, 3.63) is 41.1 Å². The van der Waals surface area contributed by atoms with E-state index < -0.39 is 39.3 Å². The quantitative estimate of drug-likeness (QED) is 0.707. The van der Waals surface area contributed by atoms with Crippen LogP contribution in [0.15, 0.2) is 28.8 Å². The van der Waals surface area contributed by atoms with E-state index in [1.807, 2.05) is 4.98 Å². The van der Waals surface area contributed by atoms with E-state index in [4.69, 9.17) is 0 Å². The second-order valence-corrected chi connectivity index (χ2v) is 8.69. The number of imidazole rings is 1. The molecule has 30 heavy (non-hydrogen) atoms. The molecule has 2 aromatic rings. The van der Waals surface area contributed by atoms with Crippen LogP contribution < -0.4 is 15.8 Å². The number of hydrogen-bond acceptors (Lipinski definition) is 6. The Morgan fingerprint density at radius 3 is 2.53 bits per heavy atom. The van der Waals surface area contributed by atoms with Crippen LogP contribution in [0.4, 0.5) is 27.8 Å². The SMILES string of the molecule is C=Cc1cnc(N2N=c3nc(C(F)(F)C(F)(F)F)[nH]c3=CC2C)c(S(=O)(=O)CC)c1. The first-order valence-corrected chi connectivity index (χ1v) is 10.2. The number of aromatic nitrogens is 3. The lowest BCUT2D eigenvalue weighted by atomic mass is 10.2. The maximum atomic E-state index is 13.6. The van der Waals surface area contributed by atoms with Gasteiger partial charge < -0.3 is 4.98 Å². The number of nitrogens with one attached hydrogen (secondary N) is 1. The molecule has 13 heteroatoms. The molecule has 0 bridgehead atoms. The zero-order valence-corrected chi connectivity index (χ0v) is 16.5.